The van der Waals surface area contributed by atoms with Gasteiger partial charge in [-0.1, -0.05) is 12.8 Å². The number of carbonyl (C=O) groups is 2. The summed E-state index contributed by atoms with van der Waals surface area (Å²) in [6.07, 6.45) is 6.17. The number of nitrogens with zero attached hydrogens (tertiary/aromatic N) is 1. The maximum atomic E-state index is 12.1. The third-order valence-corrected chi connectivity index (χ3v) is 4.96. The monoisotopic (exact) mass is 302 g/mol. The Morgan fingerprint density at radius 2 is 2.00 bits per heavy atom. The Kier molecular flexibility index (Phi) is 6.65. The van der Waals surface area contributed by atoms with Crippen molar-refractivity contribution in [2.45, 2.75) is 45.1 Å². The van der Waals surface area contributed by atoms with E-state index in [2.05, 4.69) is 5.32 Å². The summed E-state index contributed by atoms with van der Waals surface area (Å²) in [6, 6.07) is -0.0158. The predicted octanol–water partition coefficient (Wildman–Crippen LogP) is 2.41. The third kappa shape index (κ3) is 4.30. The smallest absolute Gasteiger partial charge is 0.317 e. The van der Waals surface area contributed by atoms with Crippen molar-refractivity contribution < 1.29 is 14.7 Å². The number of hydrogen-bond acceptors (Lipinski definition) is 3. The third-order valence-electron chi connectivity index (χ3n) is 4.31. The maximum absolute atomic E-state index is 12.1. The Morgan fingerprint density at radius 3 is 2.50 bits per heavy atom. The molecule has 5 nitrogen and oxygen atoms in total. The van der Waals surface area contributed by atoms with Gasteiger partial charge < -0.3 is 15.3 Å². The van der Waals surface area contributed by atoms with Crippen LogP contribution in [0.3, 0.4) is 0 Å². The van der Waals surface area contributed by atoms with E-state index in [-0.39, 0.29) is 18.6 Å². The van der Waals surface area contributed by atoms with Crippen LogP contribution in [0.25, 0.3) is 0 Å². The molecule has 0 aromatic carbocycles. The number of nitrogens with one attached hydrogen (secondary N) is 1. The molecule has 0 aromatic heterocycles. The van der Waals surface area contributed by atoms with Gasteiger partial charge in [0.2, 0.25) is 0 Å². The average molecular weight is 302 g/mol. The quantitative estimate of drug-likeness (QED) is 0.758. The Labute approximate surface area is 125 Å². The highest BCUT2D eigenvalue weighted by atomic mass is 32.2. The van der Waals surface area contributed by atoms with Crippen LogP contribution >= 0.6 is 11.8 Å². The number of rotatable bonds is 7. The van der Waals surface area contributed by atoms with Crippen LogP contribution < -0.4 is 5.32 Å². The van der Waals surface area contributed by atoms with Gasteiger partial charge in [-0.2, -0.15) is 11.8 Å². The summed E-state index contributed by atoms with van der Waals surface area (Å²) in [6.45, 7) is 2.25. The van der Waals surface area contributed by atoms with Crippen LogP contribution in [0, 0.1) is 5.41 Å². The van der Waals surface area contributed by atoms with E-state index in [0.29, 0.717) is 12.8 Å². The molecule has 6 heteroatoms. The van der Waals surface area contributed by atoms with Gasteiger partial charge in [0.15, 0.2) is 0 Å². The van der Waals surface area contributed by atoms with Crippen molar-refractivity contribution in [1.82, 2.24) is 10.2 Å². The normalized spacial score (nSPS) is 18.6. The molecule has 1 aliphatic rings. The average Bonchev–Trinajstić information content (AvgIpc) is 2.91. The lowest BCUT2D eigenvalue weighted by Gasteiger charge is -2.28. The predicted molar refractivity (Wildman–Crippen MR) is 82.2 cm³/mol. The Bertz CT molecular complexity index is 343. The molecule has 1 aliphatic carbocycles. The van der Waals surface area contributed by atoms with Crippen LogP contribution in [-0.2, 0) is 4.79 Å². The number of hydrogen-bond donors (Lipinski definition) is 2. The van der Waals surface area contributed by atoms with Crippen LogP contribution in [0.5, 0.6) is 0 Å². The van der Waals surface area contributed by atoms with Gasteiger partial charge in [-0.05, 0) is 38.2 Å². The summed E-state index contributed by atoms with van der Waals surface area (Å²) in [5.74, 6) is 0.228. The zero-order valence-corrected chi connectivity index (χ0v) is 13.5. The lowest BCUT2D eigenvalue weighted by Crippen LogP contribution is -2.48. The first-order valence-electron chi connectivity index (χ1n) is 7.16. The lowest BCUT2D eigenvalue weighted by atomic mass is 9.86. The summed E-state index contributed by atoms with van der Waals surface area (Å²) >= 11 is 1.76. The number of amides is 2. The first kappa shape index (κ1) is 17.1. The SMILES string of the molecule is CSCCC(C)N(C)C(=O)NCC1(C(=O)O)CCCC1. The van der Waals surface area contributed by atoms with Gasteiger partial charge in [0.25, 0.3) is 0 Å². The second-order valence-electron chi connectivity index (χ2n) is 5.69. The summed E-state index contributed by atoms with van der Waals surface area (Å²) in [5.41, 5.74) is -0.751. The van der Waals surface area contributed by atoms with Crippen molar-refractivity contribution in [2.75, 3.05) is 25.6 Å². The minimum Gasteiger partial charge on any atom is -0.481 e. The van der Waals surface area contributed by atoms with Gasteiger partial charge in [-0.15, -0.1) is 0 Å². The second kappa shape index (κ2) is 7.76. The number of thioether (sulfide) groups is 1. The van der Waals surface area contributed by atoms with Crippen molar-refractivity contribution in [3.05, 3.63) is 0 Å². The lowest BCUT2D eigenvalue weighted by molar-refractivity contribution is -0.148. The summed E-state index contributed by atoms with van der Waals surface area (Å²) in [7, 11) is 1.77. The molecule has 1 unspecified atom stereocenters. The molecule has 2 N–H and O–H groups in total. The highest BCUT2D eigenvalue weighted by molar-refractivity contribution is 7.98. The molecule has 0 aliphatic heterocycles. The van der Waals surface area contributed by atoms with E-state index in [1.165, 1.54) is 0 Å². The Hall–Kier alpha value is -0.910. The molecule has 116 valence electrons. The van der Waals surface area contributed by atoms with Crippen molar-refractivity contribution in [3.63, 3.8) is 0 Å². The van der Waals surface area contributed by atoms with Crippen molar-refractivity contribution in [1.29, 1.82) is 0 Å². The summed E-state index contributed by atoms with van der Waals surface area (Å²) < 4.78 is 0. The van der Waals surface area contributed by atoms with Crippen LogP contribution in [0.2, 0.25) is 0 Å². The molecule has 0 aromatic rings. The Balaban J connectivity index is 2.47. The van der Waals surface area contributed by atoms with E-state index in [1.54, 1.807) is 23.7 Å². The molecule has 1 atom stereocenters. The van der Waals surface area contributed by atoms with Gasteiger partial charge >= 0.3 is 12.0 Å². The van der Waals surface area contributed by atoms with E-state index in [1.807, 2.05) is 13.2 Å². The van der Waals surface area contributed by atoms with E-state index in [9.17, 15) is 14.7 Å². The fourth-order valence-corrected chi connectivity index (χ4v) is 3.15. The summed E-state index contributed by atoms with van der Waals surface area (Å²) in [4.78, 5) is 25.2. The van der Waals surface area contributed by atoms with E-state index < -0.39 is 11.4 Å². The highest BCUT2D eigenvalue weighted by Gasteiger charge is 2.41. The van der Waals surface area contributed by atoms with E-state index in [0.717, 1.165) is 25.0 Å². The van der Waals surface area contributed by atoms with Crippen molar-refractivity contribution in [3.8, 4) is 0 Å². The van der Waals surface area contributed by atoms with Crippen LogP contribution in [0.4, 0.5) is 4.79 Å². The first-order chi connectivity index (χ1) is 9.43. The van der Waals surface area contributed by atoms with Gasteiger partial charge in [0, 0.05) is 19.6 Å². The molecule has 0 saturated heterocycles. The summed E-state index contributed by atoms with van der Waals surface area (Å²) in [5, 5.41) is 12.2. The molecule has 1 saturated carbocycles. The molecule has 20 heavy (non-hydrogen) atoms. The number of aliphatic carboxylic acids is 1. The zero-order valence-electron chi connectivity index (χ0n) is 12.6. The standard InChI is InChI=1S/C14H26N2O3S/c1-11(6-9-20-3)16(2)13(19)15-10-14(12(17)18)7-4-5-8-14/h11H,4-10H2,1-3H3,(H,15,19)(H,17,18). The maximum Gasteiger partial charge on any atom is 0.317 e. The molecule has 0 radical (unpaired) electrons. The highest BCUT2D eigenvalue weighted by Crippen LogP contribution is 2.37. The fraction of sp³-hybridized carbons (Fsp3) is 0.857. The largest absolute Gasteiger partial charge is 0.481 e. The number of urea groups is 1. The fourth-order valence-electron chi connectivity index (χ4n) is 2.57. The molecule has 2 amide bonds. The van der Waals surface area contributed by atoms with Crippen LogP contribution in [0.15, 0.2) is 0 Å². The van der Waals surface area contributed by atoms with Gasteiger partial charge in [0.05, 0.1) is 5.41 Å². The minimum absolute atomic E-state index is 0.159. The van der Waals surface area contributed by atoms with Crippen molar-refractivity contribution in [2.24, 2.45) is 5.41 Å². The molecule has 0 heterocycles. The van der Waals surface area contributed by atoms with Gasteiger partial charge in [-0.3, -0.25) is 4.79 Å². The molecule has 0 spiro atoms. The molecule has 1 rings (SSSR count). The van der Waals surface area contributed by atoms with Crippen molar-refractivity contribution >= 4 is 23.8 Å². The second-order valence-corrected chi connectivity index (χ2v) is 6.68. The van der Waals surface area contributed by atoms with E-state index >= 15 is 0 Å². The van der Waals surface area contributed by atoms with Crippen LogP contribution in [0.1, 0.15) is 39.0 Å². The van der Waals surface area contributed by atoms with Crippen LogP contribution in [-0.4, -0.2) is 53.6 Å². The molecule has 0 bridgehead atoms. The molecular formula is C14H26N2O3S. The first-order valence-corrected chi connectivity index (χ1v) is 8.55. The number of carboxylic acid groups (broad SMARTS) is 1. The number of carbonyl (C=O) groups excluding carboxylic acids is 1. The molecule has 1 fully saturated rings. The van der Waals surface area contributed by atoms with Gasteiger partial charge in [-0.25, -0.2) is 4.79 Å². The van der Waals surface area contributed by atoms with E-state index in [4.69, 9.17) is 0 Å². The zero-order chi connectivity index (χ0) is 15.2. The Morgan fingerprint density at radius 1 is 1.40 bits per heavy atom. The topological polar surface area (TPSA) is 69.6 Å². The number of carboxylic acids is 1. The minimum atomic E-state index is -0.784. The van der Waals surface area contributed by atoms with Gasteiger partial charge in [0.1, 0.15) is 0 Å². The molecular weight excluding hydrogens is 276 g/mol.